The highest BCUT2D eigenvalue weighted by atomic mass is 35.5. The van der Waals surface area contributed by atoms with Crippen molar-refractivity contribution >= 4 is 17.3 Å². The lowest BCUT2D eigenvalue weighted by atomic mass is 10.3. The Morgan fingerprint density at radius 3 is 2.80 bits per heavy atom. The minimum absolute atomic E-state index is 0.560. The van der Waals surface area contributed by atoms with E-state index in [1.165, 1.54) is 0 Å². The van der Waals surface area contributed by atoms with Gasteiger partial charge in [0, 0.05) is 12.7 Å². The van der Waals surface area contributed by atoms with Crippen LogP contribution in [0.15, 0.2) is 18.2 Å². The summed E-state index contributed by atoms with van der Waals surface area (Å²) in [6.07, 6.45) is 0. The summed E-state index contributed by atoms with van der Waals surface area (Å²) in [5.74, 6) is 5.94. The molecule has 4 nitrogen and oxygen atoms in total. The van der Waals surface area contributed by atoms with Gasteiger partial charge in [-0.15, -0.1) is 0 Å². The van der Waals surface area contributed by atoms with E-state index in [1.54, 1.807) is 0 Å². The third-order valence-corrected chi connectivity index (χ3v) is 2.28. The van der Waals surface area contributed by atoms with Gasteiger partial charge in [0.05, 0.1) is 18.3 Å². The number of ether oxygens (including phenoxy) is 1. The molecule has 84 valence electrons. The molecule has 0 unspecified atom stereocenters. The van der Waals surface area contributed by atoms with E-state index in [2.05, 4.69) is 5.43 Å². The van der Waals surface area contributed by atoms with Crippen LogP contribution in [0, 0.1) is 0 Å². The molecule has 0 bridgehead atoms. The van der Waals surface area contributed by atoms with Gasteiger partial charge in [0.2, 0.25) is 0 Å². The Bertz CT molecular complexity index is 320. The number of rotatable bonds is 5. The molecule has 0 radical (unpaired) electrons. The zero-order valence-electron chi connectivity index (χ0n) is 8.96. The molecule has 0 saturated heterocycles. The predicted molar refractivity (Wildman–Crippen MR) is 63.2 cm³/mol. The molecule has 0 aromatic heterocycles. The minimum atomic E-state index is 0.560. The van der Waals surface area contributed by atoms with Gasteiger partial charge in [0.1, 0.15) is 5.75 Å². The Hall–Kier alpha value is -0.970. The Balaban J connectivity index is 2.81. The summed E-state index contributed by atoms with van der Waals surface area (Å²) in [5.41, 5.74) is 3.56. The molecule has 5 heteroatoms. The van der Waals surface area contributed by atoms with Gasteiger partial charge >= 0.3 is 0 Å². The average Bonchev–Trinajstić information content (AvgIpc) is 2.21. The number of benzene rings is 1. The van der Waals surface area contributed by atoms with E-state index in [0.717, 1.165) is 5.69 Å². The van der Waals surface area contributed by atoms with Gasteiger partial charge in [-0.05, 0) is 25.1 Å². The van der Waals surface area contributed by atoms with Crippen LogP contribution in [0.5, 0.6) is 5.75 Å². The molecule has 0 aliphatic carbocycles. The molecular formula is C10H16ClN3O. The van der Waals surface area contributed by atoms with Crippen LogP contribution in [-0.4, -0.2) is 20.3 Å². The first-order valence-corrected chi connectivity index (χ1v) is 5.13. The van der Waals surface area contributed by atoms with Crippen LogP contribution < -0.4 is 20.9 Å². The van der Waals surface area contributed by atoms with Gasteiger partial charge in [-0.25, -0.2) is 5.43 Å². The summed E-state index contributed by atoms with van der Waals surface area (Å²) < 4.78 is 5.34. The smallest absolute Gasteiger partial charge is 0.138 e. The van der Waals surface area contributed by atoms with E-state index in [9.17, 15) is 0 Å². The zero-order chi connectivity index (χ0) is 11.3. The van der Waals surface area contributed by atoms with Crippen LogP contribution >= 0.6 is 11.6 Å². The summed E-state index contributed by atoms with van der Waals surface area (Å²) >= 11 is 6.05. The van der Waals surface area contributed by atoms with Crippen molar-refractivity contribution < 1.29 is 4.74 Å². The lowest BCUT2D eigenvalue weighted by Gasteiger charge is -2.19. The Labute approximate surface area is 94.9 Å². The Morgan fingerprint density at radius 1 is 1.53 bits per heavy atom. The van der Waals surface area contributed by atoms with Crippen LogP contribution in [0.1, 0.15) is 6.92 Å². The second-order valence-electron chi connectivity index (χ2n) is 3.11. The fourth-order valence-corrected chi connectivity index (χ4v) is 1.46. The molecule has 1 aromatic rings. The summed E-state index contributed by atoms with van der Waals surface area (Å²) in [6, 6.07) is 5.65. The van der Waals surface area contributed by atoms with Crippen molar-refractivity contribution in [3.8, 4) is 5.75 Å². The highest BCUT2D eigenvalue weighted by molar-refractivity contribution is 6.32. The third kappa shape index (κ3) is 3.27. The summed E-state index contributed by atoms with van der Waals surface area (Å²) in [5, 5.41) is 0.609. The lowest BCUT2D eigenvalue weighted by Crippen LogP contribution is -2.35. The average molecular weight is 230 g/mol. The molecule has 15 heavy (non-hydrogen) atoms. The number of nitrogens with one attached hydrogen (secondary N) is 1. The maximum atomic E-state index is 6.05. The number of hydrogen-bond donors (Lipinski definition) is 2. The van der Waals surface area contributed by atoms with E-state index < -0.39 is 0 Å². The third-order valence-electron chi connectivity index (χ3n) is 1.98. The topological polar surface area (TPSA) is 50.5 Å². The van der Waals surface area contributed by atoms with E-state index in [-0.39, 0.29) is 0 Å². The van der Waals surface area contributed by atoms with Crippen LogP contribution in [0.2, 0.25) is 5.02 Å². The summed E-state index contributed by atoms with van der Waals surface area (Å²) in [6.45, 7) is 3.10. The second kappa shape index (κ2) is 5.80. The van der Waals surface area contributed by atoms with E-state index in [4.69, 9.17) is 22.2 Å². The first-order valence-electron chi connectivity index (χ1n) is 4.76. The predicted octanol–water partition coefficient (Wildman–Crippen LogP) is 1.60. The van der Waals surface area contributed by atoms with Crippen molar-refractivity contribution in [2.45, 2.75) is 6.92 Å². The Morgan fingerprint density at radius 2 is 2.27 bits per heavy atom. The quantitative estimate of drug-likeness (QED) is 0.458. The minimum Gasteiger partial charge on any atom is -0.492 e. The van der Waals surface area contributed by atoms with Crippen LogP contribution in [0.4, 0.5) is 5.69 Å². The summed E-state index contributed by atoms with van der Waals surface area (Å²) in [7, 11) is 1.92. The van der Waals surface area contributed by atoms with Crippen LogP contribution in [-0.2, 0) is 0 Å². The molecular weight excluding hydrogens is 214 g/mol. The first kappa shape index (κ1) is 12.1. The molecule has 0 fully saturated rings. The number of hydrogen-bond acceptors (Lipinski definition) is 4. The molecule has 0 atom stereocenters. The molecule has 1 aromatic carbocycles. The second-order valence-corrected chi connectivity index (χ2v) is 3.52. The monoisotopic (exact) mass is 229 g/mol. The van der Waals surface area contributed by atoms with Gasteiger partial charge < -0.3 is 9.64 Å². The molecule has 0 aliphatic rings. The molecule has 0 heterocycles. The maximum absolute atomic E-state index is 6.05. The lowest BCUT2D eigenvalue weighted by molar-refractivity contribution is 0.340. The van der Waals surface area contributed by atoms with Crippen molar-refractivity contribution in [2.24, 2.45) is 5.84 Å². The standard InChI is InChI=1S/C10H16ClN3O/c1-3-15-10-5-4-8(6-9(10)11)14(2)7-13-12/h4-6,13H,3,7,12H2,1-2H3. The highest BCUT2D eigenvalue weighted by Gasteiger charge is 2.05. The van der Waals surface area contributed by atoms with Gasteiger partial charge in [-0.3, -0.25) is 5.84 Å². The molecule has 0 saturated carbocycles. The van der Waals surface area contributed by atoms with Gasteiger partial charge in [0.15, 0.2) is 0 Å². The number of anilines is 1. The van der Waals surface area contributed by atoms with Crippen molar-refractivity contribution in [3.63, 3.8) is 0 Å². The fraction of sp³-hybridized carbons (Fsp3) is 0.400. The fourth-order valence-electron chi connectivity index (χ4n) is 1.23. The zero-order valence-corrected chi connectivity index (χ0v) is 9.71. The maximum Gasteiger partial charge on any atom is 0.138 e. The molecule has 0 aliphatic heterocycles. The van der Waals surface area contributed by atoms with E-state index in [0.29, 0.717) is 24.0 Å². The molecule has 0 spiro atoms. The molecule has 1 rings (SSSR count). The number of nitrogens with two attached hydrogens (primary N) is 1. The normalized spacial score (nSPS) is 10.1. The van der Waals surface area contributed by atoms with E-state index >= 15 is 0 Å². The van der Waals surface area contributed by atoms with Crippen LogP contribution in [0.3, 0.4) is 0 Å². The van der Waals surface area contributed by atoms with Crippen molar-refractivity contribution in [1.29, 1.82) is 0 Å². The summed E-state index contributed by atoms with van der Waals surface area (Å²) in [4.78, 5) is 1.95. The van der Waals surface area contributed by atoms with Crippen molar-refractivity contribution in [2.75, 3.05) is 25.2 Å². The first-order chi connectivity index (χ1) is 7.19. The molecule has 3 N–H and O–H groups in total. The number of halogens is 1. The highest BCUT2D eigenvalue weighted by Crippen LogP contribution is 2.28. The van der Waals surface area contributed by atoms with E-state index in [1.807, 2.05) is 37.1 Å². The molecule has 0 amide bonds. The SMILES string of the molecule is CCOc1ccc(N(C)CNN)cc1Cl. The van der Waals surface area contributed by atoms with Gasteiger partial charge in [-0.2, -0.15) is 0 Å². The van der Waals surface area contributed by atoms with Crippen molar-refractivity contribution in [1.82, 2.24) is 5.43 Å². The largest absolute Gasteiger partial charge is 0.492 e. The van der Waals surface area contributed by atoms with Gasteiger partial charge in [-0.1, -0.05) is 11.6 Å². The van der Waals surface area contributed by atoms with Crippen molar-refractivity contribution in [3.05, 3.63) is 23.2 Å². The number of nitrogens with zero attached hydrogens (tertiary/aromatic N) is 1. The van der Waals surface area contributed by atoms with Crippen LogP contribution in [0.25, 0.3) is 0 Å². The van der Waals surface area contributed by atoms with Gasteiger partial charge in [0.25, 0.3) is 0 Å². The number of hydrazine groups is 1. The Kier molecular flexibility index (Phi) is 4.68.